The first-order valence-electron chi connectivity index (χ1n) is 12.4. The van der Waals surface area contributed by atoms with E-state index < -0.39 is 5.97 Å². The molecule has 0 spiro atoms. The number of nitrogens with one attached hydrogen (secondary N) is 1. The number of benzene rings is 2. The van der Waals surface area contributed by atoms with Crippen LogP contribution < -0.4 is 10.1 Å². The Morgan fingerprint density at radius 3 is 2.58 bits per heavy atom. The molecule has 0 aliphatic heterocycles. The molecule has 2 aromatic heterocycles. The van der Waals surface area contributed by atoms with Crippen LogP contribution in [0, 0.1) is 18.3 Å². The predicted octanol–water partition coefficient (Wildman–Crippen LogP) is 6.28. The quantitative estimate of drug-likeness (QED) is 0.239. The van der Waals surface area contributed by atoms with Crippen LogP contribution in [-0.2, 0) is 11.3 Å². The standard InChI is InChI=1S/C27H30N4O4.C2H3N/c1-4-8-21(17-34-3)31-23-13-14-28-26(35-16-19-9-6-5-7-10-19)24(23)25(30-31)29-20-11-12-22(27(32)33)18(2)15-20;1-2-3/h5-7,9-15,21H,4,8,16-17H2,1-3H3,(H,29,30)(H,32,33);1H3. The molecule has 1 unspecified atom stereocenters. The summed E-state index contributed by atoms with van der Waals surface area (Å²) in [6, 6.07) is 18.8. The number of rotatable bonds is 11. The van der Waals surface area contributed by atoms with Crippen LogP contribution in [-0.4, -0.2) is 39.6 Å². The summed E-state index contributed by atoms with van der Waals surface area (Å²) >= 11 is 0. The summed E-state index contributed by atoms with van der Waals surface area (Å²) in [4.78, 5) is 15.9. The molecule has 0 fully saturated rings. The number of anilines is 2. The van der Waals surface area contributed by atoms with E-state index in [1.165, 1.54) is 6.92 Å². The highest BCUT2D eigenvalue weighted by Gasteiger charge is 2.22. The first-order valence-corrected chi connectivity index (χ1v) is 12.4. The highest BCUT2D eigenvalue weighted by molar-refractivity contribution is 5.96. The van der Waals surface area contributed by atoms with E-state index in [9.17, 15) is 9.90 Å². The number of pyridine rings is 1. The van der Waals surface area contributed by atoms with Gasteiger partial charge in [-0.15, -0.1) is 0 Å². The molecule has 0 saturated heterocycles. The highest BCUT2D eigenvalue weighted by Crippen LogP contribution is 2.35. The molecule has 0 radical (unpaired) electrons. The minimum Gasteiger partial charge on any atom is -0.478 e. The van der Waals surface area contributed by atoms with Crippen LogP contribution in [0.2, 0.25) is 0 Å². The van der Waals surface area contributed by atoms with Gasteiger partial charge in [-0.3, -0.25) is 4.68 Å². The van der Waals surface area contributed by atoms with Gasteiger partial charge < -0.3 is 19.9 Å². The zero-order chi connectivity index (χ0) is 27.5. The molecule has 2 aromatic carbocycles. The number of hydrogen-bond acceptors (Lipinski definition) is 7. The topological polar surface area (TPSA) is 122 Å². The Morgan fingerprint density at radius 1 is 1.21 bits per heavy atom. The molecule has 9 heteroatoms. The third-order valence-electron chi connectivity index (χ3n) is 5.85. The van der Waals surface area contributed by atoms with Crippen LogP contribution in [0.1, 0.15) is 54.2 Å². The number of aromatic nitrogens is 3. The Kier molecular flexibility index (Phi) is 10.2. The van der Waals surface area contributed by atoms with Crippen LogP contribution in [0.3, 0.4) is 0 Å². The van der Waals surface area contributed by atoms with Crippen molar-refractivity contribution in [2.45, 2.75) is 46.3 Å². The number of carbonyl (C=O) groups is 1. The smallest absolute Gasteiger partial charge is 0.335 e. The van der Waals surface area contributed by atoms with Crippen LogP contribution in [0.5, 0.6) is 5.88 Å². The van der Waals surface area contributed by atoms with E-state index in [2.05, 4.69) is 17.2 Å². The van der Waals surface area contributed by atoms with Crippen LogP contribution in [0.25, 0.3) is 10.9 Å². The summed E-state index contributed by atoms with van der Waals surface area (Å²) in [5.74, 6) is 0.119. The van der Waals surface area contributed by atoms with Crippen molar-refractivity contribution in [2.75, 3.05) is 19.0 Å². The van der Waals surface area contributed by atoms with Gasteiger partial charge in [-0.2, -0.15) is 10.4 Å². The third kappa shape index (κ3) is 6.87. The lowest BCUT2D eigenvalue weighted by Crippen LogP contribution is -2.16. The lowest BCUT2D eigenvalue weighted by molar-refractivity contribution is 0.0696. The number of aromatic carboxylic acids is 1. The van der Waals surface area contributed by atoms with Crippen molar-refractivity contribution in [1.82, 2.24) is 14.8 Å². The number of fused-ring (bicyclic) bond motifs is 1. The lowest BCUT2D eigenvalue weighted by atomic mass is 10.1. The second kappa shape index (κ2) is 13.8. The van der Waals surface area contributed by atoms with Gasteiger partial charge in [0.2, 0.25) is 5.88 Å². The fourth-order valence-electron chi connectivity index (χ4n) is 4.18. The maximum Gasteiger partial charge on any atom is 0.335 e. The molecule has 1 atom stereocenters. The van der Waals surface area contributed by atoms with Gasteiger partial charge >= 0.3 is 5.97 Å². The molecule has 0 bridgehead atoms. The molecule has 4 aromatic rings. The number of nitriles is 1. The summed E-state index contributed by atoms with van der Waals surface area (Å²) in [5.41, 5.74) is 3.59. The van der Waals surface area contributed by atoms with E-state index in [0.717, 1.165) is 35.0 Å². The number of carboxylic acids is 1. The van der Waals surface area contributed by atoms with Gasteiger partial charge in [0, 0.05) is 25.9 Å². The van der Waals surface area contributed by atoms with Crippen molar-refractivity contribution in [3.8, 4) is 11.9 Å². The molecule has 2 N–H and O–H groups in total. The van der Waals surface area contributed by atoms with Crippen molar-refractivity contribution in [2.24, 2.45) is 0 Å². The summed E-state index contributed by atoms with van der Waals surface area (Å²) in [5, 5.41) is 25.7. The van der Waals surface area contributed by atoms with Crippen molar-refractivity contribution in [1.29, 1.82) is 5.26 Å². The van der Waals surface area contributed by atoms with Gasteiger partial charge in [0.1, 0.15) is 12.0 Å². The summed E-state index contributed by atoms with van der Waals surface area (Å²) in [7, 11) is 1.69. The second-order valence-electron chi connectivity index (χ2n) is 8.66. The molecule has 9 nitrogen and oxygen atoms in total. The molecular formula is C29H33N5O4. The normalized spacial score (nSPS) is 11.2. The Labute approximate surface area is 222 Å². The van der Waals surface area contributed by atoms with Crippen LogP contribution in [0.15, 0.2) is 60.8 Å². The van der Waals surface area contributed by atoms with Gasteiger partial charge in [-0.05, 0) is 48.7 Å². The molecule has 4 rings (SSSR count). The SMILES string of the molecule is CC#N.CCCC(COC)n1nc(Nc2ccc(C(=O)O)c(C)c2)c2c(OCc3ccccc3)nccc21. The maximum absolute atomic E-state index is 11.4. The Hall–Kier alpha value is -4.42. The van der Waals surface area contributed by atoms with E-state index in [1.54, 1.807) is 44.5 Å². The van der Waals surface area contributed by atoms with Gasteiger partial charge in [0.15, 0.2) is 5.82 Å². The van der Waals surface area contributed by atoms with Crippen LogP contribution in [0.4, 0.5) is 11.5 Å². The van der Waals surface area contributed by atoms with Crippen molar-refractivity contribution < 1.29 is 19.4 Å². The predicted molar refractivity (Wildman–Crippen MR) is 147 cm³/mol. The number of nitrogens with zero attached hydrogens (tertiary/aromatic N) is 4. The zero-order valence-corrected chi connectivity index (χ0v) is 22.1. The fourth-order valence-corrected chi connectivity index (χ4v) is 4.18. The summed E-state index contributed by atoms with van der Waals surface area (Å²) in [6.07, 6.45) is 3.61. The van der Waals surface area contributed by atoms with E-state index in [1.807, 2.05) is 41.1 Å². The molecule has 0 amide bonds. The van der Waals surface area contributed by atoms with E-state index in [0.29, 0.717) is 30.5 Å². The van der Waals surface area contributed by atoms with Gasteiger partial charge in [0.05, 0.1) is 29.8 Å². The van der Waals surface area contributed by atoms with Crippen molar-refractivity contribution >= 4 is 28.4 Å². The fraction of sp³-hybridized carbons (Fsp3) is 0.310. The van der Waals surface area contributed by atoms with E-state index in [4.69, 9.17) is 19.8 Å². The second-order valence-corrected chi connectivity index (χ2v) is 8.66. The zero-order valence-electron chi connectivity index (χ0n) is 22.1. The van der Waals surface area contributed by atoms with Crippen LogP contribution >= 0.6 is 0 Å². The Balaban J connectivity index is 0.00000127. The first kappa shape index (κ1) is 28.2. The molecule has 198 valence electrons. The number of ether oxygens (including phenoxy) is 2. The molecular weight excluding hydrogens is 482 g/mol. The van der Waals surface area contributed by atoms with Gasteiger partial charge in [0.25, 0.3) is 0 Å². The van der Waals surface area contributed by atoms with E-state index >= 15 is 0 Å². The molecule has 0 aliphatic carbocycles. The van der Waals surface area contributed by atoms with Crippen molar-refractivity contribution in [3.05, 3.63) is 77.5 Å². The summed E-state index contributed by atoms with van der Waals surface area (Å²) < 4.78 is 13.6. The molecule has 0 saturated carbocycles. The number of carboxylic acid groups (broad SMARTS) is 1. The van der Waals surface area contributed by atoms with Crippen molar-refractivity contribution in [3.63, 3.8) is 0 Å². The number of aryl methyl sites for hydroxylation is 1. The Bertz CT molecular complexity index is 1390. The average molecular weight is 516 g/mol. The number of hydrogen-bond donors (Lipinski definition) is 2. The number of methoxy groups -OCH3 is 1. The lowest BCUT2D eigenvalue weighted by Gasteiger charge is -2.17. The monoisotopic (exact) mass is 515 g/mol. The molecule has 38 heavy (non-hydrogen) atoms. The van der Waals surface area contributed by atoms with Gasteiger partial charge in [-0.25, -0.2) is 9.78 Å². The van der Waals surface area contributed by atoms with Gasteiger partial charge in [-0.1, -0.05) is 43.7 Å². The minimum absolute atomic E-state index is 0.0449. The minimum atomic E-state index is -0.952. The summed E-state index contributed by atoms with van der Waals surface area (Å²) in [6.45, 7) is 6.24. The highest BCUT2D eigenvalue weighted by atomic mass is 16.5. The third-order valence-corrected chi connectivity index (χ3v) is 5.85. The van der Waals surface area contributed by atoms with E-state index in [-0.39, 0.29) is 11.6 Å². The largest absolute Gasteiger partial charge is 0.478 e. The first-order chi connectivity index (χ1) is 18.4. The molecule has 2 heterocycles. The maximum atomic E-state index is 11.4. The Morgan fingerprint density at radius 2 is 1.95 bits per heavy atom. The average Bonchev–Trinajstić information content (AvgIpc) is 3.27. The molecule has 0 aliphatic rings.